The monoisotopic (exact) mass is 370 g/mol. The van der Waals surface area contributed by atoms with Crippen LogP contribution in [0.15, 0.2) is 35.5 Å². The number of para-hydroxylation sites is 1. The van der Waals surface area contributed by atoms with E-state index in [4.69, 9.17) is 10.1 Å². The highest BCUT2D eigenvalue weighted by atomic mass is 32.2. The first-order chi connectivity index (χ1) is 12.8. The van der Waals surface area contributed by atoms with Gasteiger partial charge in [-0.05, 0) is 50.7 Å². The largest absolute Gasteiger partial charge is 0.339 e. The highest BCUT2D eigenvalue weighted by Gasteiger charge is 2.31. The second-order valence-corrected chi connectivity index (χ2v) is 8.15. The zero-order valence-electron chi connectivity index (χ0n) is 15.3. The molecule has 2 aliphatic rings. The molecule has 2 heterocycles. The smallest absolute Gasteiger partial charge is 0.233 e. The van der Waals surface area contributed by atoms with Crippen molar-refractivity contribution in [3.05, 3.63) is 36.2 Å². The van der Waals surface area contributed by atoms with E-state index in [2.05, 4.69) is 24.0 Å². The minimum absolute atomic E-state index is 0.227. The molecule has 2 aromatic rings. The summed E-state index contributed by atoms with van der Waals surface area (Å²) in [5, 5.41) is 5.41. The lowest BCUT2D eigenvalue weighted by molar-refractivity contribution is -0.132. The fraction of sp³-hybridized carbons (Fsp3) is 0.550. The zero-order chi connectivity index (χ0) is 17.9. The van der Waals surface area contributed by atoms with Gasteiger partial charge >= 0.3 is 0 Å². The van der Waals surface area contributed by atoms with E-state index in [0.717, 1.165) is 37.3 Å². The van der Waals surface area contributed by atoms with Crippen LogP contribution in [0.3, 0.4) is 0 Å². The standard InChI is InChI=1S/C20H26N4OS/c1-2-16-8-6-7-13-23(16)18(25)14-26-20-21-19(15-11-12-15)24(22-20)17-9-4-3-5-10-17/h3-5,9-10,15-16H,2,6-8,11-14H2,1H3/t16-/m0/s1. The van der Waals surface area contributed by atoms with Crippen molar-refractivity contribution < 1.29 is 4.79 Å². The number of thioether (sulfide) groups is 1. The number of nitrogens with zero attached hydrogens (tertiary/aromatic N) is 4. The predicted molar refractivity (Wildman–Crippen MR) is 104 cm³/mol. The summed E-state index contributed by atoms with van der Waals surface area (Å²) in [7, 11) is 0. The first-order valence-corrected chi connectivity index (χ1v) is 10.7. The van der Waals surface area contributed by atoms with Crippen LogP contribution in [0, 0.1) is 0 Å². The van der Waals surface area contributed by atoms with Crippen LogP contribution in [0.2, 0.25) is 0 Å². The van der Waals surface area contributed by atoms with Crippen LogP contribution in [0.4, 0.5) is 0 Å². The van der Waals surface area contributed by atoms with E-state index in [-0.39, 0.29) is 5.91 Å². The predicted octanol–water partition coefficient (Wildman–Crippen LogP) is 4.03. The molecule has 0 bridgehead atoms. The van der Waals surface area contributed by atoms with Gasteiger partial charge in [0.2, 0.25) is 11.1 Å². The Morgan fingerprint density at radius 3 is 2.73 bits per heavy atom. The Bertz CT molecular complexity index is 756. The molecule has 2 fully saturated rings. The van der Waals surface area contributed by atoms with E-state index in [0.29, 0.717) is 22.9 Å². The summed E-state index contributed by atoms with van der Waals surface area (Å²) in [6.07, 6.45) is 6.91. The molecule has 1 aromatic carbocycles. The SMILES string of the molecule is CC[C@H]1CCCCN1C(=O)CSc1nc(C2CC2)n(-c2ccccc2)n1. The van der Waals surface area contributed by atoms with Crippen LogP contribution in [0.1, 0.15) is 57.2 Å². The van der Waals surface area contributed by atoms with Crippen LogP contribution in [0.5, 0.6) is 0 Å². The molecule has 1 aromatic heterocycles. The van der Waals surface area contributed by atoms with Crippen molar-refractivity contribution in [1.82, 2.24) is 19.7 Å². The van der Waals surface area contributed by atoms with Gasteiger partial charge in [0.25, 0.3) is 0 Å². The minimum Gasteiger partial charge on any atom is -0.339 e. The Morgan fingerprint density at radius 2 is 2.00 bits per heavy atom. The summed E-state index contributed by atoms with van der Waals surface area (Å²) in [5.74, 6) is 2.21. The number of carbonyl (C=O) groups is 1. The van der Waals surface area contributed by atoms with Gasteiger partial charge in [0.1, 0.15) is 5.82 Å². The maximum Gasteiger partial charge on any atom is 0.233 e. The number of hydrogen-bond acceptors (Lipinski definition) is 4. The molecule has 1 aliphatic heterocycles. The summed E-state index contributed by atoms with van der Waals surface area (Å²) in [6.45, 7) is 3.07. The average molecular weight is 371 g/mol. The van der Waals surface area contributed by atoms with Crippen LogP contribution in [-0.2, 0) is 4.79 Å². The van der Waals surface area contributed by atoms with Gasteiger partial charge in [-0.3, -0.25) is 4.79 Å². The van der Waals surface area contributed by atoms with Crippen LogP contribution >= 0.6 is 11.8 Å². The zero-order valence-corrected chi connectivity index (χ0v) is 16.1. The van der Waals surface area contributed by atoms with Crippen LogP contribution in [-0.4, -0.2) is 43.9 Å². The van der Waals surface area contributed by atoms with Crippen molar-refractivity contribution in [2.24, 2.45) is 0 Å². The van der Waals surface area contributed by atoms with Crippen molar-refractivity contribution in [3.63, 3.8) is 0 Å². The Labute approximate surface area is 159 Å². The molecule has 1 amide bonds. The first-order valence-electron chi connectivity index (χ1n) is 9.71. The second kappa shape index (κ2) is 7.82. The Morgan fingerprint density at radius 1 is 1.19 bits per heavy atom. The lowest BCUT2D eigenvalue weighted by Crippen LogP contribution is -2.44. The maximum atomic E-state index is 12.7. The average Bonchev–Trinajstić information content (AvgIpc) is 3.46. The molecule has 0 radical (unpaired) electrons. The van der Waals surface area contributed by atoms with Gasteiger partial charge in [0.15, 0.2) is 0 Å². The Hall–Kier alpha value is -1.82. The van der Waals surface area contributed by atoms with E-state index >= 15 is 0 Å². The molecule has 1 atom stereocenters. The third kappa shape index (κ3) is 3.80. The number of piperidine rings is 1. The Kier molecular flexibility index (Phi) is 5.29. The molecule has 138 valence electrons. The summed E-state index contributed by atoms with van der Waals surface area (Å²) in [4.78, 5) is 19.5. The molecule has 1 saturated carbocycles. The van der Waals surface area contributed by atoms with Gasteiger partial charge in [-0.2, -0.15) is 0 Å². The molecular weight excluding hydrogens is 344 g/mol. The molecule has 0 spiro atoms. The van der Waals surface area contributed by atoms with Gasteiger partial charge in [-0.25, -0.2) is 9.67 Å². The number of rotatable bonds is 6. The molecule has 0 N–H and O–H groups in total. The number of carbonyl (C=O) groups excluding carboxylic acids is 1. The summed E-state index contributed by atoms with van der Waals surface area (Å²) in [5.41, 5.74) is 1.04. The number of benzene rings is 1. The molecule has 5 nitrogen and oxygen atoms in total. The fourth-order valence-corrected chi connectivity index (χ4v) is 4.41. The number of likely N-dealkylation sites (tertiary alicyclic amines) is 1. The van der Waals surface area contributed by atoms with E-state index < -0.39 is 0 Å². The van der Waals surface area contributed by atoms with Gasteiger partial charge < -0.3 is 4.90 Å². The third-order valence-electron chi connectivity index (χ3n) is 5.30. The van der Waals surface area contributed by atoms with Crippen molar-refractivity contribution in [1.29, 1.82) is 0 Å². The number of aromatic nitrogens is 3. The molecule has 1 aliphatic carbocycles. The van der Waals surface area contributed by atoms with Gasteiger partial charge in [-0.15, -0.1) is 5.10 Å². The first kappa shape index (κ1) is 17.6. The molecule has 6 heteroatoms. The Balaban J connectivity index is 1.46. The minimum atomic E-state index is 0.227. The van der Waals surface area contributed by atoms with E-state index in [1.54, 1.807) is 0 Å². The quantitative estimate of drug-likeness (QED) is 0.721. The maximum absolute atomic E-state index is 12.7. The molecule has 1 saturated heterocycles. The fourth-order valence-electron chi connectivity index (χ4n) is 3.69. The normalized spacial score (nSPS) is 20.3. The third-order valence-corrected chi connectivity index (χ3v) is 6.12. The van der Waals surface area contributed by atoms with Crippen LogP contribution < -0.4 is 0 Å². The van der Waals surface area contributed by atoms with Crippen molar-refractivity contribution >= 4 is 17.7 Å². The molecule has 26 heavy (non-hydrogen) atoms. The number of hydrogen-bond donors (Lipinski definition) is 0. The van der Waals surface area contributed by atoms with Gasteiger partial charge in [-0.1, -0.05) is 36.9 Å². The second-order valence-electron chi connectivity index (χ2n) is 7.21. The topological polar surface area (TPSA) is 51.0 Å². The van der Waals surface area contributed by atoms with Gasteiger partial charge in [0.05, 0.1) is 11.4 Å². The summed E-state index contributed by atoms with van der Waals surface area (Å²) in [6, 6.07) is 10.6. The van der Waals surface area contributed by atoms with E-state index in [9.17, 15) is 4.79 Å². The number of amides is 1. The lowest BCUT2D eigenvalue weighted by atomic mass is 10.0. The van der Waals surface area contributed by atoms with Gasteiger partial charge in [0, 0.05) is 18.5 Å². The molecule has 0 unspecified atom stereocenters. The summed E-state index contributed by atoms with van der Waals surface area (Å²) < 4.78 is 1.96. The lowest BCUT2D eigenvalue weighted by Gasteiger charge is -2.35. The van der Waals surface area contributed by atoms with Crippen LogP contribution in [0.25, 0.3) is 5.69 Å². The highest BCUT2D eigenvalue weighted by Crippen LogP contribution is 2.40. The van der Waals surface area contributed by atoms with E-state index in [1.165, 1.54) is 31.0 Å². The highest BCUT2D eigenvalue weighted by molar-refractivity contribution is 7.99. The van der Waals surface area contributed by atoms with Crippen molar-refractivity contribution in [2.75, 3.05) is 12.3 Å². The molecular formula is C20H26N4OS. The van der Waals surface area contributed by atoms with E-state index in [1.807, 2.05) is 22.9 Å². The van der Waals surface area contributed by atoms with Crippen molar-refractivity contribution in [3.8, 4) is 5.69 Å². The summed E-state index contributed by atoms with van der Waals surface area (Å²) >= 11 is 1.48. The molecule has 4 rings (SSSR count). The van der Waals surface area contributed by atoms with Crippen molar-refractivity contribution in [2.45, 2.75) is 62.6 Å².